The predicted octanol–water partition coefficient (Wildman–Crippen LogP) is 3.80. The van der Waals surface area contributed by atoms with Crippen molar-refractivity contribution in [3.05, 3.63) is 34.9 Å². The highest BCUT2D eigenvalue weighted by Crippen LogP contribution is 2.28. The molecule has 2 atom stereocenters. The van der Waals surface area contributed by atoms with Crippen molar-refractivity contribution in [1.29, 1.82) is 0 Å². The summed E-state index contributed by atoms with van der Waals surface area (Å²) in [7, 11) is 0. The third kappa shape index (κ3) is 3.63. The van der Waals surface area contributed by atoms with E-state index in [1.54, 1.807) is 0 Å². The Morgan fingerprint density at radius 2 is 1.91 bits per heavy atom. The Kier molecular flexibility index (Phi) is 4.70. The van der Waals surface area contributed by atoms with E-state index in [9.17, 15) is 4.79 Å². The van der Waals surface area contributed by atoms with E-state index in [1.807, 2.05) is 0 Å². The molecule has 0 aliphatic heterocycles. The minimum absolute atomic E-state index is 0.0121. The van der Waals surface area contributed by atoms with Crippen LogP contribution in [0.5, 0.6) is 0 Å². The summed E-state index contributed by atoms with van der Waals surface area (Å²) < 4.78 is 0. The Hall–Kier alpha value is -1.51. The van der Waals surface area contributed by atoms with E-state index < -0.39 is 0 Å². The second-order valence-corrected chi connectivity index (χ2v) is 7.35. The lowest BCUT2D eigenvalue weighted by Gasteiger charge is -2.31. The zero-order valence-corrected chi connectivity index (χ0v) is 13.8. The van der Waals surface area contributed by atoms with Gasteiger partial charge in [0.2, 0.25) is 0 Å². The molecule has 3 rings (SSSR count). The monoisotopic (exact) mass is 300 g/mol. The number of amides is 2. The van der Waals surface area contributed by atoms with Gasteiger partial charge in [0.1, 0.15) is 0 Å². The molecule has 1 aromatic carbocycles. The molecule has 3 nitrogen and oxygen atoms in total. The van der Waals surface area contributed by atoms with Crippen LogP contribution in [0.2, 0.25) is 0 Å². The van der Waals surface area contributed by atoms with E-state index in [0.717, 1.165) is 19.3 Å². The highest BCUT2D eigenvalue weighted by molar-refractivity contribution is 5.74. The average Bonchev–Trinajstić information content (AvgIpc) is 2.92. The maximum atomic E-state index is 12.2. The van der Waals surface area contributed by atoms with Gasteiger partial charge in [-0.2, -0.15) is 0 Å². The summed E-state index contributed by atoms with van der Waals surface area (Å²) >= 11 is 0. The maximum absolute atomic E-state index is 12.2. The number of carbonyl (C=O) groups excluding carboxylic acids is 1. The van der Waals surface area contributed by atoms with Crippen molar-refractivity contribution in [3.63, 3.8) is 0 Å². The molecule has 2 aliphatic carbocycles. The van der Waals surface area contributed by atoms with E-state index in [1.165, 1.54) is 36.0 Å². The predicted molar refractivity (Wildman–Crippen MR) is 89.8 cm³/mol. The first-order chi connectivity index (χ1) is 10.6. The van der Waals surface area contributed by atoms with E-state index in [0.29, 0.717) is 24.4 Å². The molecule has 0 saturated heterocycles. The maximum Gasteiger partial charge on any atom is 0.315 e. The number of rotatable bonds is 3. The summed E-state index contributed by atoms with van der Waals surface area (Å²) in [6.07, 6.45) is 7.10. The van der Waals surface area contributed by atoms with Gasteiger partial charge in [-0.3, -0.25) is 0 Å². The number of hydrogen-bond acceptors (Lipinski definition) is 1. The first-order valence-electron chi connectivity index (χ1n) is 8.76. The van der Waals surface area contributed by atoms with Crippen LogP contribution >= 0.6 is 0 Å². The molecule has 2 amide bonds. The molecule has 2 N–H and O–H groups in total. The van der Waals surface area contributed by atoms with Crippen LogP contribution in [0.25, 0.3) is 0 Å². The SMILES string of the molecule is CC1CC(C)CC(NC(=O)NCc2cccc3c2CCC3)C1. The van der Waals surface area contributed by atoms with Gasteiger partial charge in [0.25, 0.3) is 0 Å². The van der Waals surface area contributed by atoms with Crippen molar-refractivity contribution >= 4 is 6.03 Å². The summed E-state index contributed by atoms with van der Waals surface area (Å²) in [4.78, 5) is 12.2. The van der Waals surface area contributed by atoms with Gasteiger partial charge >= 0.3 is 6.03 Å². The summed E-state index contributed by atoms with van der Waals surface area (Å²) in [6.45, 7) is 5.22. The lowest BCUT2D eigenvalue weighted by molar-refractivity contribution is 0.213. The molecule has 0 spiro atoms. The molecule has 0 radical (unpaired) electrons. The van der Waals surface area contributed by atoms with Gasteiger partial charge in [0.15, 0.2) is 0 Å². The summed E-state index contributed by atoms with van der Waals surface area (Å²) in [5, 5.41) is 6.22. The quantitative estimate of drug-likeness (QED) is 0.876. The first-order valence-corrected chi connectivity index (χ1v) is 8.76. The second-order valence-electron chi connectivity index (χ2n) is 7.35. The molecular formula is C19H28N2O. The summed E-state index contributed by atoms with van der Waals surface area (Å²) in [5.41, 5.74) is 4.22. The van der Waals surface area contributed by atoms with Gasteiger partial charge in [-0.25, -0.2) is 4.79 Å². The molecule has 120 valence electrons. The van der Waals surface area contributed by atoms with Crippen LogP contribution in [-0.4, -0.2) is 12.1 Å². The van der Waals surface area contributed by atoms with Gasteiger partial charge < -0.3 is 10.6 Å². The lowest BCUT2D eigenvalue weighted by Crippen LogP contribution is -2.44. The summed E-state index contributed by atoms with van der Waals surface area (Å²) in [5.74, 6) is 1.43. The normalized spacial score (nSPS) is 27.3. The molecule has 0 heterocycles. The third-order valence-electron chi connectivity index (χ3n) is 5.20. The van der Waals surface area contributed by atoms with Crippen LogP contribution < -0.4 is 10.6 Å². The Labute approximate surface area is 133 Å². The first kappa shape index (κ1) is 15.4. The van der Waals surface area contributed by atoms with E-state index in [4.69, 9.17) is 0 Å². The zero-order chi connectivity index (χ0) is 15.5. The highest BCUT2D eigenvalue weighted by Gasteiger charge is 2.25. The van der Waals surface area contributed by atoms with Crippen molar-refractivity contribution in [2.24, 2.45) is 11.8 Å². The largest absolute Gasteiger partial charge is 0.335 e. The van der Waals surface area contributed by atoms with Crippen LogP contribution in [-0.2, 0) is 19.4 Å². The number of aryl methyl sites for hydroxylation is 1. The van der Waals surface area contributed by atoms with E-state index in [2.05, 4.69) is 42.7 Å². The molecule has 1 aromatic rings. The Morgan fingerprint density at radius 3 is 2.68 bits per heavy atom. The molecule has 2 aliphatic rings. The number of benzene rings is 1. The van der Waals surface area contributed by atoms with Gasteiger partial charge in [-0.1, -0.05) is 32.0 Å². The average molecular weight is 300 g/mol. The Morgan fingerprint density at radius 1 is 1.14 bits per heavy atom. The zero-order valence-electron chi connectivity index (χ0n) is 13.8. The molecule has 0 bridgehead atoms. The van der Waals surface area contributed by atoms with E-state index in [-0.39, 0.29) is 6.03 Å². The second kappa shape index (κ2) is 6.72. The van der Waals surface area contributed by atoms with Gasteiger partial charge in [-0.15, -0.1) is 0 Å². The minimum atomic E-state index is -0.0121. The molecule has 3 heteroatoms. The number of fused-ring (bicyclic) bond motifs is 1. The third-order valence-corrected chi connectivity index (χ3v) is 5.20. The topological polar surface area (TPSA) is 41.1 Å². The fourth-order valence-corrected chi connectivity index (χ4v) is 4.34. The Balaban J connectivity index is 1.52. The Bertz CT molecular complexity index is 530. The van der Waals surface area contributed by atoms with Gasteiger partial charge in [0.05, 0.1) is 0 Å². The van der Waals surface area contributed by atoms with Crippen LogP contribution in [0.1, 0.15) is 56.2 Å². The van der Waals surface area contributed by atoms with Crippen molar-refractivity contribution in [2.75, 3.05) is 0 Å². The molecular weight excluding hydrogens is 272 g/mol. The van der Waals surface area contributed by atoms with Crippen molar-refractivity contribution < 1.29 is 4.79 Å². The molecule has 22 heavy (non-hydrogen) atoms. The fraction of sp³-hybridized carbons (Fsp3) is 0.632. The van der Waals surface area contributed by atoms with Gasteiger partial charge in [-0.05, 0) is 67.1 Å². The molecule has 1 fully saturated rings. The molecule has 0 aromatic heterocycles. The van der Waals surface area contributed by atoms with Crippen LogP contribution in [0.4, 0.5) is 4.79 Å². The van der Waals surface area contributed by atoms with E-state index >= 15 is 0 Å². The standard InChI is InChI=1S/C19H28N2O/c1-13-9-14(2)11-17(10-13)21-19(22)20-12-16-7-3-5-15-6-4-8-18(15)16/h3,5,7,13-14,17H,4,6,8-12H2,1-2H3,(H2,20,21,22). The fourth-order valence-electron chi connectivity index (χ4n) is 4.34. The smallest absolute Gasteiger partial charge is 0.315 e. The number of urea groups is 1. The van der Waals surface area contributed by atoms with Crippen molar-refractivity contribution in [3.8, 4) is 0 Å². The number of hydrogen-bond donors (Lipinski definition) is 2. The minimum Gasteiger partial charge on any atom is -0.335 e. The molecule has 1 saturated carbocycles. The van der Waals surface area contributed by atoms with Crippen LogP contribution in [0.3, 0.4) is 0 Å². The lowest BCUT2D eigenvalue weighted by atomic mass is 9.80. The highest BCUT2D eigenvalue weighted by atomic mass is 16.2. The van der Waals surface area contributed by atoms with Crippen LogP contribution in [0, 0.1) is 11.8 Å². The molecule has 2 unspecified atom stereocenters. The van der Waals surface area contributed by atoms with Gasteiger partial charge in [0, 0.05) is 12.6 Å². The number of nitrogens with one attached hydrogen (secondary N) is 2. The van der Waals surface area contributed by atoms with Crippen LogP contribution in [0.15, 0.2) is 18.2 Å². The number of carbonyl (C=O) groups is 1. The summed E-state index contributed by atoms with van der Waals surface area (Å²) in [6, 6.07) is 6.80. The van der Waals surface area contributed by atoms with Crippen molar-refractivity contribution in [2.45, 2.75) is 65.0 Å². The van der Waals surface area contributed by atoms with Crippen molar-refractivity contribution in [1.82, 2.24) is 10.6 Å².